The smallest absolute Gasteiger partial charge is 0.278 e. The third-order valence-electron chi connectivity index (χ3n) is 2.19. The van der Waals surface area contributed by atoms with E-state index in [2.05, 4.69) is 4.72 Å². The van der Waals surface area contributed by atoms with Gasteiger partial charge in [0.1, 0.15) is 0 Å². The minimum absolute atomic E-state index is 0.185. The van der Waals surface area contributed by atoms with Gasteiger partial charge in [-0.2, -0.15) is 12.7 Å². The number of nitrogens with two attached hydrogens (primary N) is 1. The zero-order valence-electron chi connectivity index (χ0n) is 9.42. The number of nitrogens with zero attached hydrogens (tertiary/aromatic N) is 1. The Balaban J connectivity index is 2.58. The maximum absolute atomic E-state index is 11.4. The first-order valence-corrected chi connectivity index (χ1v) is 6.35. The first-order valence-electron chi connectivity index (χ1n) is 4.91. The van der Waals surface area contributed by atoms with E-state index in [0.717, 1.165) is 9.87 Å². The molecule has 0 amide bonds. The summed E-state index contributed by atoms with van der Waals surface area (Å²) in [6.07, 6.45) is 0. The van der Waals surface area contributed by atoms with Crippen molar-refractivity contribution < 1.29 is 8.42 Å². The molecule has 0 spiro atoms. The second-order valence-electron chi connectivity index (χ2n) is 3.65. The Morgan fingerprint density at radius 2 is 1.88 bits per heavy atom. The summed E-state index contributed by atoms with van der Waals surface area (Å²) in [5, 5.41) is 0. The highest BCUT2D eigenvalue weighted by Gasteiger charge is 2.14. The Labute approximate surface area is 96.4 Å². The molecule has 1 aromatic carbocycles. The molecule has 1 aromatic rings. The highest BCUT2D eigenvalue weighted by molar-refractivity contribution is 7.87. The van der Waals surface area contributed by atoms with Crippen LogP contribution >= 0.6 is 0 Å². The quantitative estimate of drug-likeness (QED) is 0.769. The topological polar surface area (TPSA) is 75.4 Å². The van der Waals surface area contributed by atoms with Gasteiger partial charge in [0.05, 0.1) is 0 Å². The van der Waals surface area contributed by atoms with Crippen LogP contribution in [0.4, 0.5) is 0 Å². The fourth-order valence-electron chi connectivity index (χ4n) is 1.14. The summed E-state index contributed by atoms with van der Waals surface area (Å²) in [7, 11) is -0.461. The van der Waals surface area contributed by atoms with E-state index in [9.17, 15) is 8.42 Å². The van der Waals surface area contributed by atoms with Crippen molar-refractivity contribution in [1.29, 1.82) is 0 Å². The molecule has 16 heavy (non-hydrogen) atoms. The van der Waals surface area contributed by atoms with Gasteiger partial charge in [-0.1, -0.05) is 30.3 Å². The van der Waals surface area contributed by atoms with Crippen LogP contribution in [0.3, 0.4) is 0 Å². The zero-order chi connectivity index (χ0) is 12.2. The van der Waals surface area contributed by atoms with Gasteiger partial charge in [-0.3, -0.25) is 0 Å². The van der Waals surface area contributed by atoms with E-state index in [1.54, 1.807) is 0 Å². The summed E-state index contributed by atoms with van der Waals surface area (Å²) in [4.78, 5) is 0. The number of rotatable bonds is 5. The summed E-state index contributed by atoms with van der Waals surface area (Å²) < 4.78 is 26.4. The summed E-state index contributed by atoms with van der Waals surface area (Å²) in [6, 6.07) is 9.03. The number of nitrogens with one attached hydrogen (secondary N) is 1. The lowest BCUT2D eigenvalue weighted by atomic mass is 10.1. The van der Waals surface area contributed by atoms with Gasteiger partial charge < -0.3 is 5.73 Å². The molecular formula is C10H17N3O2S. The van der Waals surface area contributed by atoms with Gasteiger partial charge in [-0.25, -0.2) is 4.72 Å². The van der Waals surface area contributed by atoms with E-state index in [-0.39, 0.29) is 12.6 Å². The van der Waals surface area contributed by atoms with Crippen molar-refractivity contribution in [2.45, 2.75) is 6.04 Å². The second kappa shape index (κ2) is 5.40. The zero-order valence-corrected chi connectivity index (χ0v) is 10.2. The number of hydrogen-bond donors (Lipinski definition) is 2. The van der Waals surface area contributed by atoms with Crippen LogP contribution in [0.5, 0.6) is 0 Å². The van der Waals surface area contributed by atoms with Crippen LogP contribution in [0.1, 0.15) is 11.6 Å². The average Bonchev–Trinajstić information content (AvgIpc) is 2.27. The van der Waals surface area contributed by atoms with Crippen molar-refractivity contribution in [3.8, 4) is 0 Å². The standard InChI is InChI=1S/C10H17N3O2S/c1-13(2)16(14,15)12-8-10(11)9-6-4-3-5-7-9/h3-7,10,12H,8,11H2,1-2H3. The van der Waals surface area contributed by atoms with Gasteiger partial charge >= 0.3 is 0 Å². The average molecular weight is 243 g/mol. The maximum atomic E-state index is 11.4. The van der Waals surface area contributed by atoms with Crippen molar-refractivity contribution in [2.75, 3.05) is 20.6 Å². The largest absolute Gasteiger partial charge is 0.323 e. The van der Waals surface area contributed by atoms with Gasteiger partial charge in [0.15, 0.2) is 0 Å². The fourth-order valence-corrected chi connectivity index (χ4v) is 1.79. The molecule has 0 aliphatic heterocycles. The van der Waals surface area contributed by atoms with E-state index in [1.165, 1.54) is 14.1 Å². The molecule has 90 valence electrons. The van der Waals surface area contributed by atoms with Crippen LogP contribution < -0.4 is 10.5 Å². The molecule has 1 unspecified atom stereocenters. The number of hydrogen-bond acceptors (Lipinski definition) is 3. The predicted octanol–water partition coefficient (Wildman–Crippen LogP) is 0.0824. The molecule has 0 bridgehead atoms. The third kappa shape index (κ3) is 3.57. The van der Waals surface area contributed by atoms with Gasteiger partial charge in [0.25, 0.3) is 10.2 Å². The first-order chi connectivity index (χ1) is 7.43. The van der Waals surface area contributed by atoms with Crippen LogP contribution in [0.2, 0.25) is 0 Å². The molecule has 0 aliphatic carbocycles. The van der Waals surface area contributed by atoms with E-state index in [1.807, 2.05) is 30.3 Å². The van der Waals surface area contributed by atoms with Crippen molar-refractivity contribution in [1.82, 2.24) is 9.03 Å². The van der Waals surface area contributed by atoms with Crippen LogP contribution in [0.25, 0.3) is 0 Å². The molecule has 5 nitrogen and oxygen atoms in total. The summed E-state index contributed by atoms with van der Waals surface area (Å²) in [5.74, 6) is 0. The van der Waals surface area contributed by atoms with Crippen LogP contribution in [-0.4, -0.2) is 33.4 Å². The van der Waals surface area contributed by atoms with E-state index in [0.29, 0.717) is 0 Å². The minimum Gasteiger partial charge on any atom is -0.323 e. The minimum atomic E-state index is -3.40. The van der Waals surface area contributed by atoms with Gasteiger partial charge in [0.2, 0.25) is 0 Å². The lowest BCUT2D eigenvalue weighted by Gasteiger charge is -2.16. The highest BCUT2D eigenvalue weighted by Crippen LogP contribution is 2.08. The van der Waals surface area contributed by atoms with Gasteiger partial charge in [-0.15, -0.1) is 0 Å². The SMILES string of the molecule is CN(C)S(=O)(=O)NCC(N)c1ccccc1. The summed E-state index contributed by atoms with van der Waals surface area (Å²) >= 11 is 0. The molecular weight excluding hydrogens is 226 g/mol. The van der Waals surface area contributed by atoms with Crippen molar-refractivity contribution in [3.63, 3.8) is 0 Å². The van der Waals surface area contributed by atoms with Crippen molar-refractivity contribution in [2.24, 2.45) is 5.73 Å². The molecule has 3 N–H and O–H groups in total. The molecule has 0 aromatic heterocycles. The molecule has 1 atom stereocenters. The first kappa shape index (κ1) is 13.1. The van der Waals surface area contributed by atoms with Crippen molar-refractivity contribution in [3.05, 3.63) is 35.9 Å². The molecule has 0 heterocycles. The van der Waals surface area contributed by atoms with Crippen LogP contribution in [0, 0.1) is 0 Å². The van der Waals surface area contributed by atoms with E-state index < -0.39 is 10.2 Å². The van der Waals surface area contributed by atoms with Crippen molar-refractivity contribution >= 4 is 10.2 Å². The summed E-state index contributed by atoms with van der Waals surface area (Å²) in [6.45, 7) is 0.185. The third-order valence-corrected chi connectivity index (χ3v) is 3.69. The molecule has 0 saturated heterocycles. The maximum Gasteiger partial charge on any atom is 0.278 e. The number of benzene rings is 1. The Bertz CT molecular complexity index is 417. The Morgan fingerprint density at radius 3 is 2.38 bits per heavy atom. The molecule has 0 saturated carbocycles. The molecule has 0 aliphatic rings. The highest BCUT2D eigenvalue weighted by atomic mass is 32.2. The molecule has 1 rings (SSSR count). The van der Waals surface area contributed by atoms with E-state index in [4.69, 9.17) is 5.73 Å². The molecule has 6 heteroatoms. The van der Waals surface area contributed by atoms with Gasteiger partial charge in [0, 0.05) is 26.7 Å². The second-order valence-corrected chi connectivity index (χ2v) is 5.62. The predicted molar refractivity (Wildman–Crippen MR) is 64.0 cm³/mol. The fraction of sp³-hybridized carbons (Fsp3) is 0.400. The molecule has 0 radical (unpaired) electrons. The monoisotopic (exact) mass is 243 g/mol. The van der Waals surface area contributed by atoms with Gasteiger partial charge in [-0.05, 0) is 5.56 Å². The normalized spacial score (nSPS) is 14.0. The molecule has 0 fully saturated rings. The van der Waals surface area contributed by atoms with E-state index >= 15 is 0 Å². The Hall–Kier alpha value is -0.950. The van der Waals surface area contributed by atoms with Crippen LogP contribution in [-0.2, 0) is 10.2 Å². The Kier molecular flexibility index (Phi) is 4.43. The summed E-state index contributed by atoms with van der Waals surface area (Å²) in [5.41, 5.74) is 6.76. The lowest BCUT2D eigenvalue weighted by Crippen LogP contribution is -2.39. The van der Waals surface area contributed by atoms with Crippen LogP contribution in [0.15, 0.2) is 30.3 Å². The Morgan fingerprint density at radius 1 is 1.31 bits per heavy atom. The lowest BCUT2D eigenvalue weighted by molar-refractivity contribution is 0.500.